The Balaban J connectivity index is 2.01. The number of anilines is 1. The molecule has 0 radical (unpaired) electrons. The van der Waals surface area contributed by atoms with E-state index >= 15 is 0 Å². The predicted octanol–water partition coefficient (Wildman–Crippen LogP) is 3.12. The largest absolute Gasteiger partial charge is 0.305 e. The number of hydrogen-bond donors (Lipinski definition) is 1. The SMILES string of the molecule is O=C1c2cc(F)c([N+](=O)[O-])cc2C(=O)N1Nc1ccccc1Br. The van der Waals surface area contributed by atoms with Gasteiger partial charge in [0.05, 0.1) is 21.7 Å². The molecule has 1 N–H and O–H groups in total. The number of carbonyl (C=O) groups is 2. The monoisotopic (exact) mass is 379 g/mol. The van der Waals surface area contributed by atoms with E-state index < -0.39 is 28.2 Å². The van der Waals surface area contributed by atoms with E-state index in [0.29, 0.717) is 21.2 Å². The normalized spacial score (nSPS) is 13.2. The van der Waals surface area contributed by atoms with Crippen molar-refractivity contribution in [2.45, 2.75) is 0 Å². The number of nitro groups is 1. The summed E-state index contributed by atoms with van der Waals surface area (Å²) in [4.78, 5) is 34.4. The lowest BCUT2D eigenvalue weighted by Gasteiger charge is -2.17. The third-order valence-corrected chi connectivity index (χ3v) is 3.95. The first kappa shape index (κ1) is 15.1. The van der Waals surface area contributed by atoms with Gasteiger partial charge in [-0.2, -0.15) is 9.40 Å². The Morgan fingerprint density at radius 2 is 1.74 bits per heavy atom. The predicted molar refractivity (Wildman–Crippen MR) is 81.3 cm³/mol. The average molecular weight is 380 g/mol. The minimum atomic E-state index is -1.17. The van der Waals surface area contributed by atoms with E-state index in [1.165, 1.54) is 0 Å². The number of imide groups is 1. The molecule has 0 aliphatic carbocycles. The third-order valence-electron chi connectivity index (χ3n) is 3.26. The Hall–Kier alpha value is -2.81. The molecule has 0 fully saturated rings. The molecule has 9 heteroatoms. The van der Waals surface area contributed by atoms with E-state index in [-0.39, 0.29) is 11.1 Å². The molecule has 2 amide bonds. The summed E-state index contributed by atoms with van der Waals surface area (Å²) in [7, 11) is 0. The quantitative estimate of drug-likeness (QED) is 0.502. The molecule has 3 rings (SSSR count). The number of para-hydroxylation sites is 1. The molecular formula is C14H7BrFN3O4. The highest BCUT2D eigenvalue weighted by molar-refractivity contribution is 9.10. The molecule has 23 heavy (non-hydrogen) atoms. The fraction of sp³-hybridized carbons (Fsp3) is 0. The summed E-state index contributed by atoms with van der Waals surface area (Å²) in [5.41, 5.74) is 1.76. The van der Waals surface area contributed by atoms with Gasteiger partial charge in [0.1, 0.15) is 0 Å². The van der Waals surface area contributed by atoms with E-state index in [9.17, 15) is 24.1 Å². The Bertz CT molecular complexity index is 871. The molecule has 0 spiro atoms. The standard InChI is InChI=1S/C14H7BrFN3O4/c15-9-3-1-2-4-11(9)17-18-13(20)7-5-10(16)12(19(22)23)6-8(7)14(18)21/h1-6,17H. The van der Waals surface area contributed by atoms with Crippen LogP contribution in [0.4, 0.5) is 15.8 Å². The summed E-state index contributed by atoms with van der Waals surface area (Å²) in [6.07, 6.45) is 0. The van der Waals surface area contributed by atoms with Crippen molar-refractivity contribution in [2.75, 3.05) is 5.43 Å². The number of carbonyl (C=O) groups excluding carboxylic acids is 2. The van der Waals surface area contributed by atoms with Crippen LogP contribution in [-0.2, 0) is 0 Å². The molecule has 1 heterocycles. The molecule has 1 aliphatic rings. The number of halogens is 2. The second-order valence-corrected chi connectivity index (χ2v) is 5.50. The van der Waals surface area contributed by atoms with Crippen LogP contribution < -0.4 is 5.43 Å². The van der Waals surface area contributed by atoms with Crippen LogP contribution in [0.5, 0.6) is 0 Å². The molecule has 2 aromatic carbocycles. The van der Waals surface area contributed by atoms with Crippen LogP contribution in [0.25, 0.3) is 0 Å². The van der Waals surface area contributed by atoms with Crippen LogP contribution in [0.15, 0.2) is 40.9 Å². The molecular weight excluding hydrogens is 373 g/mol. The van der Waals surface area contributed by atoms with Crippen molar-refractivity contribution in [1.29, 1.82) is 0 Å². The first-order valence-electron chi connectivity index (χ1n) is 6.28. The van der Waals surface area contributed by atoms with E-state index in [1.807, 2.05) is 0 Å². The molecule has 0 atom stereocenters. The fourth-order valence-electron chi connectivity index (χ4n) is 2.16. The van der Waals surface area contributed by atoms with Crippen LogP contribution >= 0.6 is 15.9 Å². The lowest BCUT2D eigenvalue weighted by molar-refractivity contribution is -0.387. The first-order valence-corrected chi connectivity index (χ1v) is 7.07. The number of nitrogens with zero attached hydrogens (tertiary/aromatic N) is 2. The lowest BCUT2D eigenvalue weighted by atomic mass is 10.1. The Morgan fingerprint density at radius 3 is 2.35 bits per heavy atom. The Morgan fingerprint density at radius 1 is 1.13 bits per heavy atom. The van der Waals surface area contributed by atoms with E-state index in [1.54, 1.807) is 24.3 Å². The smallest absolute Gasteiger partial charge is 0.287 e. The highest BCUT2D eigenvalue weighted by Gasteiger charge is 2.39. The maximum Gasteiger partial charge on any atom is 0.305 e. The number of nitrogens with one attached hydrogen (secondary N) is 1. The summed E-state index contributed by atoms with van der Waals surface area (Å²) in [5.74, 6) is -2.74. The van der Waals surface area contributed by atoms with Gasteiger partial charge in [0.25, 0.3) is 11.8 Å². The summed E-state index contributed by atoms with van der Waals surface area (Å²) >= 11 is 3.26. The molecule has 7 nitrogen and oxygen atoms in total. The fourth-order valence-corrected chi connectivity index (χ4v) is 2.54. The van der Waals surface area contributed by atoms with Gasteiger partial charge in [0, 0.05) is 10.5 Å². The minimum absolute atomic E-state index is 0.220. The second-order valence-electron chi connectivity index (χ2n) is 4.64. The average Bonchev–Trinajstić information content (AvgIpc) is 2.73. The van der Waals surface area contributed by atoms with Crippen molar-refractivity contribution >= 4 is 39.1 Å². The zero-order chi connectivity index (χ0) is 16.7. The van der Waals surface area contributed by atoms with Gasteiger partial charge in [0.15, 0.2) is 0 Å². The van der Waals surface area contributed by atoms with Gasteiger partial charge in [0.2, 0.25) is 5.82 Å². The maximum atomic E-state index is 13.7. The van der Waals surface area contributed by atoms with Crippen molar-refractivity contribution in [1.82, 2.24) is 5.01 Å². The molecule has 0 bridgehead atoms. The zero-order valence-electron chi connectivity index (χ0n) is 11.2. The Labute approximate surface area is 137 Å². The molecule has 116 valence electrons. The van der Waals surface area contributed by atoms with Crippen molar-refractivity contribution < 1.29 is 18.9 Å². The van der Waals surface area contributed by atoms with E-state index in [0.717, 1.165) is 6.07 Å². The molecule has 0 saturated heterocycles. The second kappa shape index (κ2) is 5.43. The molecule has 0 aromatic heterocycles. The van der Waals surface area contributed by atoms with Gasteiger partial charge < -0.3 is 0 Å². The summed E-state index contributed by atoms with van der Waals surface area (Å²) < 4.78 is 14.3. The van der Waals surface area contributed by atoms with Gasteiger partial charge in [-0.05, 0) is 34.1 Å². The number of hydrogen-bond acceptors (Lipinski definition) is 5. The van der Waals surface area contributed by atoms with Crippen LogP contribution in [0.3, 0.4) is 0 Å². The van der Waals surface area contributed by atoms with Gasteiger partial charge in [-0.25, -0.2) is 0 Å². The number of amides is 2. The topological polar surface area (TPSA) is 92.5 Å². The van der Waals surface area contributed by atoms with Gasteiger partial charge in [-0.15, -0.1) is 0 Å². The number of benzene rings is 2. The zero-order valence-corrected chi connectivity index (χ0v) is 12.8. The van der Waals surface area contributed by atoms with Crippen LogP contribution in [-0.4, -0.2) is 21.7 Å². The number of fused-ring (bicyclic) bond motifs is 1. The van der Waals surface area contributed by atoms with E-state index in [4.69, 9.17) is 0 Å². The molecule has 0 saturated carbocycles. The number of hydrazine groups is 1. The van der Waals surface area contributed by atoms with Crippen molar-refractivity contribution in [3.05, 3.63) is 67.9 Å². The van der Waals surface area contributed by atoms with Gasteiger partial charge >= 0.3 is 5.69 Å². The van der Waals surface area contributed by atoms with Crippen LogP contribution in [0.2, 0.25) is 0 Å². The summed E-state index contributed by atoms with van der Waals surface area (Å²) in [5, 5.41) is 11.4. The molecule has 0 unspecified atom stereocenters. The molecule has 1 aliphatic heterocycles. The summed E-state index contributed by atoms with van der Waals surface area (Å²) in [6.45, 7) is 0. The van der Waals surface area contributed by atoms with Crippen LogP contribution in [0.1, 0.15) is 20.7 Å². The third kappa shape index (κ3) is 2.44. The Kier molecular flexibility index (Phi) is 3.57. The van der Waals surface area contributed by atoms with E-state index in [2.05, 4.69) is 21.4 Å². The first-order chi connectivity index (χ1) is 10.9. The van der Waals surface area contributed by atoms with Gasteiger partial charge in [-0.1, -0.05) is 12.1 Å². The highest BCUT2D eigenvalue weighted by Crippen LogP contribution is 2.30. The van der Waals surface area contributed by atoms with Crippen molar-refractivity contribution in [2.24, 2.45) is 0 Å². The molecule has 2 aromatic rings. The maximum absolute atomic E-state index is 13.7. The lowest BCUT2D eigenvalue weighted by Crippen LogP contribution is -2.35. The number of rotatable bonds is 3. The van der Waals surface area contributed by atoms with Crippen molar-refractivity contribution in [3.8, 4) is 0 Å². The minimum Gasteiger partial charge on any atom is -0.287 e. The van der Waals surface area contributed by atoms with Gasteiger partial charge in [-0.3, -0.25) is 25.1 Å². The van der Waals surface area contributed by atoms with Crippen molar-refractivity contribution in [3.63, 3.8) is 0 Å². The highest BCUT2D eigenvalue weighted by atomic mass is 79.9. The number of nitro benzene ring substituents is 1. The van der Waals surface area contributed by atoms with Crippen LogP contribution in [0, 0.1) is 15.9 Å². The summed E-state index contributed by atoms with van der Waals surface area (Å²) in [6, 6.07) is 8.23.